The molecule has 2 amide bonds. The van der Waals surface area contributed by atoms with Crippen molar-refractivity contribution in [1.82, 2.24) is 10.2 Å². The highest BCUT2D eigenvalue weighted by molar-refractivity contribution is 7.92. The maximum atomic E-state index is 13.8. The molecule has 0 saturated heterocycles. The molecule has 4 rings (SSSR count). The van der Waals surface area contributed by atoms with Gasteiger partial charge in [0.1, 0.15) is 24.1 Å². The number of halogens is 2. The van der Waals surface area contributed by atoms with Crippen molar-refractivity contribution in [3.63, 3.8) is 0 Å². The first-order chi connectivity index (χ1) is 19.5. The van der Waals surface area contributed by atoms with Crippen LogP contribution in [0.1, 0.15) is 38.2 Å². The normalized spacial score (nSPS) is 14.3. The largest absolute Gasteiger partial charge is 0.457 e. The van der Waals surface area contributed by atoms with Gasteiger partial charge in [-0.2, -0.15) is 0 Å². The molecule has 1 fully saturated rings. The van der Waals surface area contributed by atoms with E-state index in [1.807, 2.05) is 18.2 Å². The van der Waals surface area contributed by atoms with Gasteiger partial charge in [0.2, 0.25) is 21.8 Å². The molecule has 0 heterocycles. The number of carbonyl (C=O) groups is 2. The lowest BCUT2D eigenvalue weighted by Crippen LogP contribution is -2.52. The second kappa shape index (κ2) is 13.6. The van der Waals surface area contributed by atoms with Gasteiger partial charge in [-0.25, -0.2) is 8.42 Å². The number of amides is 2. The molecule has 0 aliphatic heterocycles. The Bertz CT molecular complexity index is 1460. The van der Waals surface area contributed by atoms with E-state index < -0.39 is 28.5 Å². The maximum Gasteiger partial charge on any atom is 0.244 e. The number of carbonyl (C=O) groups excluding carboxylic acids is 2. The van der Waals surface area contributed by atoms with Crippen LogP contribution in [-0.2, 0) is 26.2 Å². The minimum Gasteiger partial charge on any atom is -0.457 e. The summed E-state index contributed by atoms with van der Waals surface area (Å²) in [5, 5.41) is 3.81. The van der Waals surface area contributed by atoms with E-state index in [2.05, 4.69) is 5.32 Å². The van der Waals surface area contributed by atoms with Crippen LogP contribution >= 0.6 is 23.2 Å². The summed E-state index contributed by atoms with van der Waals surface area (Å²) < 4.78 is 32.5. The smallest absolute Gasteiger partial charge is 0.244 e. The van der Waals surface area contributed by atoms with Gasteiger partial charge in [0.05, 0.1) is 11.9 Å². The molecule has 0 bridgehead atoms. The van der Waals surface area contributed by atoms with Crippen LogP contribution in [0.4, 0.5) is 5.69 Å². The number of nitrogens with zero attached hydrogens (tertiary/aromatic N) is 2. The lowest BCUT2D eigenvalue weighted by atomic mass is 10.1. The molecule has 0 radical (unpaired) electrons. The second-order valence-corrected chi connectivity index (χ2v) is 12.9. The molecule has 3 aromatic rings. The first-order valence-electron chi connectivity index (χ1n) is 13.4. The van der Waals surface area contributed by atoms with E-state index in [0.717, 1.165) is 36.2 Å². The zero-order valence-corrected chi connectivity index (χ0v) is 25.3. The van der Waals surface area contributed by atoms with Gasteiger partial charge < -0.3 is 15.0 Å². The van der Waals surface area contributed by atoms with Crippen molar-refractivity contribution in [2.45, 2.75) is 51.2 Å². The quantitative estimate of drug-likeness (QED) is 0.283. The average Bonchev–Trinajstić information content (AvgIpc) is 3.44. The van der Waals surface area contributed by atoms with E-state index in [9.17, 15) is 18.0 Å². The number of ether oxygens (including phenoxy) is 1. The zero-order chi connectivity index (χ0) is 29.6. The molecule has 1 aliphatic rings. The Morgan fingerprint density at radius 3 is 2.22 bits per heavy atom. The minimum atomic E-state index is -3.87. The Morgan fingerprint density at radius 1 is 0.976 bits per heavy atom. The zero-order valence-electron chi connectivity index (χ0n) is 22.9. The molecule has 1 saturated carbocycles. The molecule has 1 atom stereocenters. The summed E-state index contributed by atoms with van der Waals surface area (Å²) in [6, 6.07) is 19.7. The van der Waals surface area contributed by atoms with E-state index in [-0.39, 0.29) is 24.2 Å². The Hall–Kier alpha value is -3.27. The molecule has 0 aromatic heterocycles. The Balaban J connectivity index is 1.57. The van der Waals surface area contributed by atoms with Crippen molar-refractivity contribution in [1.29, 1.82) is 0 Å². The van der Waals surface area contributed by atoms with E-state index in [1.54, 1.807) is 61.5 Å². The van der Waals surface area contributed by atoms with Gasteiger partial charge in [0.15, 0.2) is 0 Å². The Labute approximate surface area is 251 Å². The van der Waals surface area contributed by atoms with Crippen LogP contribution in [0.25, 0.3) is 0 Å². The highest BCUT2D eigenvalue weighted by atomic mass is 35.5. The fourth-order valence-electron chi connectivity index (χ4n) is 4.73. The van der Waals surface area contributed by atoms with Crippen LogP contribution in [0, 0.1) is 0 Å². The summed E-state index contributed by atoms with van der Waals surface area (Å²) in [6.45, 7) is 1.12. The van der Waals surface area contributed by atoms with E-state index in [1.165, 1.54) is 4.90 Å². The van der Waals surface area contributed by atoms with Crippen LogP contribution in [0.15, 0.2) is 72.8 Å². The molecule has 218 valence electrons. The van der Waals surface area contributed by atoms with Gasteiger partial charge in [-0.1, -0.05) is 60.3 Å². The van der Waals surface area contributed by atoms with Gasteiger partial charge >= 0.3 is 0 Å². The van der Waals surface area contributed by atoms with Crippen molar-refractivity contribution in [2.75, 3.05) is 17.1 Å². The lowest BCUT2D eigenvalue weighted by molar-refractivity contribution is -0.139. The molecule has 11 heteroatoms. The predicted octanol–water partition coefficient (Wildman–Crippen LogP) is 6.03. The molecule has 0 unspecified atom stereocenters. The molecular weight excluding hydrogens is 585 g/mol. The third-order valence-corrected chi connectivity index (χ3v) is 8.73. The molecule has 0 spiro atoms. The summed E-state index contributed by atoms with van der Waals surface area (Å²) in [5.41, 5.74) is 0.868. The molecular formula is C30H33Cl2N3O5S. The topological polar surface area (TPSA) is 96.0 Å². The molecule has 3 aromatic carbocycles. The fraction of sp³-hybridized carbons (Fsp3) is 0.333. The van der Waals surface area contributed by atoms with Crippen LogP contribution in [0.2, 0.25) is 10.0 Å². The van der Waals surface area contributed by atoms with Gasteiger partial charge in [-0.05, 0) is 73.9 Å². The third-order valence-electron chi connectivity index (χ3n) is 7.01. The number of nitrogens with one attached hydrogen (secondary N) is 1. The van der Waals surface area contributed by atoms with Gasteiger partial charge in [0.25, 0.3) is 0 Å². The van der Waals surface area contributed by atoms with Crippen LogP contribution in [-0.4, -0.2) is 50.0 Å². The molecule has 1 aliphatic carbocycles. The number of hydrogen-bond donors (Lipinski definition) is 1. The highest BCUT2D eigenvalue weighted by Crippen LogP contribution is 2.27. The minimum absolute atomic E-state index is 0.00442. The Kier molecular flexibility index (Phi) is 10.2. The molecule has 1 N–H and O–H groups in total. The highest BCUT2D eigenvalue weighted by Gasteiger charge is 2.31. The standard InChI is InChI=1S/C30H33Cl2N3O5S/c1-21(30(37)33-24-8-6-7-9-24)34(19-22-12-13-23(31)18-28(22)32)29(36)20-35(41(2,38)39)25-14-16-27(17-15-25)40-26-10-4-3-5-11-26/h3-5,10-18,21,24H,6-9,19-20H2,1-2H3,(H,33,37)/t21-/m0/s1. The van der Waals surface area contributed by atoms with E-state index in [0.29, 0.717) is 27.1 Å². The van der Waals surface area contributed by atoms with Crippen molar-refractivity contribution in [3.05, 3.63) is 88.4 Å². The Morgan fingerprint density at radius 2 is 1.61 bits per heavy atom. The number of rotatable bonds is 11. The van der Waals surface area contributed by atoms with Crippen molar-refractivity contribution >= 4 is 50.7 Å². The van der Waals surface area contributed by atoms with Crippen LogP contribution < -0.4 is 14.4 Å². The number of sulfonamides is 1. The van der Waals surface area contributed by atoms with Gasteiger partial charge in [-0.3, -0.25) is 13.9 Å². The molecule has 8 nitrogen and oxygen atoms in total. The predicted molar refractivity (Wildman–Crippen MR) is 162 cm³/mol. The average molecular weight is 619 g/mol. The number of hydrogen-bond acceptors (Lipinski definition) is 5. The summed E-state index contributed by atoms with van der Waals surface area (Å²) in [6.07, 6.45) is 4.90. The van der Waals surface area contributed by atoms with Crippen molar-refractivity contribution in [2.24, 2.45) is 0 Å². The van der Waals surface area contributed by atoms with Crippen molar-refractivity contribution < 1.29 is 22.7 Å². The summed E-state index contributed by atoms with van der Waals surface area (Å²) in [5.74, 6) is 0.288. The summed E-state index contributed by atoms with van der Waals surface area (Å²) in [4.78, 5) is 28.4. The fourth-order valence-corrected chi connectivity index (χ4v) is 6.04. The first kappa shape index (κ1) is 30.7. The summed E-state index contributed by atoms with van der Waals surface area (Å²) in [7, 11) is -3.87. The molecule has 41 heavy (non-hydrogen) atoms. The van der Waals surface area contributed by atoms with Crippen LogP contribution in [0.5, 0.6) is 11.5 Å². The first-order valence-corrected chi connectivity index (χ1v) is 16.0. The SMILES string of the molecule is C[C@@H](C(=O)NC1CCCC1)N(Cc1ccc(Cl)cc1Cl)C(=O)CN(c1ccc(Oc2ccccc2)cc1)S(C)(=O)=O. The monoisotopic (exact) mass is 617 g/mol. The number of benzene rings is 3. The van der Waals surface area contributed by atoms with E-state index in [4.69, 9.17) is 27.9 Å². The summed E-state index contributed by atoms with van der Waals surface area (Å²) >= 11 is 12.5. The second-order valence-electron chi connectivity index (χ2n) is 10.1. The van der Waals surface area contributed by atoms with Gasteiger partial charge in [0, 0.05) is 22.6 Å². The van der Waals surface area contributed by atoms with Crippen LogP contribution in [0.3, 0.4) is 0 Å². The maximum absolute atomic E-state index is 13.8. The number of para-hydroxylation sites is 1. The number of anilines is 1. The lowest BCUT2D eigenvalue weighted by Gasteiger charge is -2.32. The third kappa shape index (κ3) is 8.38. The van der Waals surface area contributed by atoms with E-state index >= 15 is 0 Å². The van der Waals surface area contributed by atoms with Crippen molar-refractivity contribution in [3.8, 4) is 11.5 Å². The van der Waals surface area contributed by atoms with Gasteiger partial charge in [-0.15, -0.1) is 0 Å².